The van der Waals surface area contributed by atoms with E-state index in [2.05, 4.69) is 27.7 Å². The molecule has 1 aliphatic heterocycles. The summed E-state index contributed by atoms with van der Waals surface area (Å²) in [5.41, 5.74) is 1.76. The van der Waals surface area contributed by atoms with Crippen LogP contribution in [0, 0.1) is 11.6 Å². The molecule has 0 aromatic heterocycles. The highest BCUT2D eigenvalue weighted by Crippen LogP contribution is 2.49. The summed E-state index contributed by atoms with van der Waals surface area (Å²) in [6, 6.07) is 26.1. The Bertz CT molecular complexity index is 2450. The van der Waals surface area contributed by atoms with Crippen LogP contribution in [0.1, 0.15) is 157 Å². The van der Waals surface area contributed by atoms with Crippen molar-refractivity contribution in [1.82, 2.24) is 0 Å². The zero-order valence-electron chi connectivity index (χ0n) is 43.8. The third-order valence-electron chi connectivity index (χ3n) is 12.2. The maximum atomic E-state index is 17.4. The van der Waals surface area contributed by atoms with E-state index in [0.29, 0.717) is 90.5 Å². The minimum atomic E-state index is -1.30. The molecule has 0 fully saturated rings. The van der Waals surface area contributed by atoms with Crippen LogP contribution in [0.5, 0.6) is 51.7 Å². The Morgan fingerprint density at radius 2 is 0.959 bits per heavy atom. The SMILES string of the molecule is CCCCOc1cc(OCCCC)c2c(c1)O[C@@H](c1cc(OCCCC)c(OCCCC)c(OCc3ccccc3)c1)[C@H](OC(=O)c1c(F)c(OCCCC)c(OCCCC)c(OCc3ccccc3)c1F)C2. The number of ether oxygens (including phenoxy) is 10. The van der Waals surface area contributed by atoms with E-state index in [4.69, 9.17) is 47.4 Å². The van der Waals surface area contributed by atoms with Crippen LogP contribution in [0.15, 0.2) is 84.9 Å². The molecule has 0 bridgehead atoms. The van der Waals surface area contributed by atoms with E-state index < -0.39 is 46.9 Å². The van der Waals surface area contributed by atoms with Crippen LogP contribution < -0.4 is 42.6 Å². The monoisotopic (exact) mass is 1010 g/mol. The maximum Gasteiger partial charge on any atom is 0.344 e. The fourth-order valence-electron chi connectivity index (χ4n) is 7.94. The van der Waals surface area contributed by atoms with Crippen molar-refractivity contribution >= 4 is 5.97 Å². The molecule has 0 saturated heterocycles. The van der Waals surface area contributed by atoms with Crippen LogP contribution in [0.25, 0.3) is 0 Å². The van der Waals surface area contributed by atoms with Gasteiger partial charge in [-0.15, -0.1) is 0 Å². The van der Waals surface area contributed by atoms with E-state index in [9.17, 15) is 4.79 Å². The Balaban J connectivity index is 1.52. The molecule has 1 heterocycles. The maximum absolute atomic E-state index is 17.4. The van der Waals surface area contributed by atoms with Crippen molar-refractivity contribution in [3.63, 3.8) is 0 Å². The summed E-state index contributed by atoms with van der Waals surface area (Å²) >= 11 is 0. The first-order chi connectivity index (χ1) is 35.7. The Morgan fingerprint density at radius 3 is 1.51 bits per heavy atom. The van der Waals surface area contributed by atoms with Gasteiger partial charge in [0.25, 0.3) is 0 Å². The number of esters is 1. The molecule has 0 radical (unpaired) electrons. The summed E-state index contributed by atoms with van der Waals surface area (Å²) in [6.45, 7) is 14.3. The van der Waals surface area contributed by atoms with Crippen molar-refractivity contribution in [3.8, 4) is 51.7 Å². The molecule has 2 atom stereocenters. The lowest BCUT2D eigenvalue weighted by molar-refractivity contribution is -0.0198. The van der Waals surface area contributed by atoms with Crippen molar-refractivity contribution in [2.24, 2.45) is 0 Å². The molecule has 0 unspecified atom stereocenters. The largest absolute Gasteiger partial charge is 0.493 e. The van der Waals surface area contributed by atoms with Gasteiger partial charge in [-0.25, -0.2) is 13.6 Å². The van der Waals surface area contributed by atoms with E-state index in [1.165, 1.54) is 0 Å². The number of unbranched alkanes of at least 4 members (excludes halogenated alkanes) is 6. The molecule has 0 spiro atoms. The van der Waals surface area contributed by atoms with Crippen LogP contribution >= 0.6 is 0 Å². The lowest BCUT2D eigenvalue weighted by Crippen LogP contribution is -2.35. The fraction of sp³-hybridized carbons (Fsp3) is 0.483. The standard InChI is InChI=1S/C60H76F2O11/c1-7-13-29-64-45-37-47(65-30-14-8-2)46-39-51(73-60(63)52-53(61)57(68-33-17-11-5)59(69-34-18-12-6)58(54(52)62)71-41-43-27-23-20-24-28-43)55(72-48(46)38-45)44-35-49(66-31-15-9-3)56(67-32-16-10-4)50(36-44)70-40-42-25-21-19-22-26-42/h19-28,35-38,51,55H,7-18,29-34,39-41H2,1-6H3/t51-,55+/m1/s1. The summed E-state index contributed by atoms with van der Waals surface area (Å²) in [4.78, 5) is 15.0. The van der Waals surface area contributed by atoms with Crippen molar-refractivity contribution in [1.29, 1.82) is 0 Å². The predicted octanol–water partition coefficient (Wildman–Crippen LogP) is 15.1. The van der Waals surface area contributed by atoms with Gasteiger partial charge in [0.15, 0.2) is 29.2 Å². The number of hydrogen-bond acceptors (Lipinski definition) is 11. The van der Waals surface area contributed by atoms with Crippen LogP contribution in [0.4, 0.5) is 8.78 Å². The minimum absolute atomic E-state index is 0.0299. The number of carbonyl (C=O) groups is 1. The smallest absolute Gasteiger partial charge is 0.344 e. The first kappa shape index (κ1) is 55.9. The van der Waals surface area contributed by atoms with Crippen LogP contribution in [0.2, 0.25) is 0 Å². The minimum Gasteiger partial charge on any atom is -0.493 e. The number of halogens is 2. The topological polar surface area (TPSA) is 109 Å². The normalized spacial score (nSPS) is 13.9. The zero-order valence-corrected chi connectivity index (χ0v) is 43.8. The van der Waals surface area contributed by atoms with E-state index in [0.717, 1.165) is 69.8 Å². The number of hydrogen-bond donors (Lipinski definition) is 0. The van der Waals surface area contributed by atoms with Gasteiger partial charge in [-0.1, -0.05) is 141 Å². The van der Waals surface area contributed by atoms with Crippen LogP contribution in [0.3, 0.4) is 0 Å². The molecule has 0 N–H and O–H groups in total. The molecule has 6 rings (SSSR count). The molecule has 396 valence electrons. The molecule has 5 aromatic carbocycles. The Labute approximate surface area is 431 Å². The van der Waals surface area contributed by atoms with Crippen molar-refractivity contribution in [2.45, 2.75) is 150 Å². The van der Waals surface area contributed by atoms with Gasteiger partial charge in [0.2, 0.25) is 23.0 Å². The molecular weight excluding hydrogens is 935 g/mol. The second kappa shape index (κ2) is 30.0. The summed E-state index contributed by atoms with van der Waals surface area (Å²) in [7, 11) is 0. The van der Waals surface area contributed by atoms with Crippen molar-refractivity contribution < 1.29 is 60.9 Å². The molecule has 0 saturated carbocycles. The molecule has 73 heavy (non-hydrogen) atoms. The van der Waals surface area contributed by atoms with Crippen LogP contribution in [-0.4, -0.2) is 51.7 Å². The number of rotatable bonds is 33. The van der Waals surface area contributed by atoms with Gasteiger partial charge in [-0.2, -0.15) is 0 Å². The predicted molar refractivity (Wildman–Crippen MR) is 279 cm³/mol. The van der Waals surface area contributed by atoms with Gasteiger partial charge in [0.05, 0.1) is 39.6 Å². The molecule has 1 aliphatic rings. The van der Waals surface area contributed by atoms with Crippen LogP contribution in [-0.2, 0) is 24.4 Å². The van der Waals surface area contributed by atoms with E-state index in [1.54, 1.807) is 6.07 Å². The lowest BCUT2D eigenvalue weighted by Gasteiger charge is -2.35. The molecule has 13 heteroatoms. The van der Waals surface area contributed by atoms with E-state index >= 15 is 8.78 Å². The van der Waals surface area contributed by atoms with Gasteiger partial charge < -0.3 is 47.4 Å². The van der Waals surface area contributed by atoms with Gasteiger partial charge >= 0.3 is 5.97 Å². The molecular formula is C60H76F2O11. The number of benzene rings is 5. The molecule has 5 aromatic rings. The molecule has 11 nitrogen and oxygen atoms in total. The average molecular weight is 1010 g/mol. The fourth-order valence-corrected chi connectivity index (χ4v) is 7.94. The average Bonchev–Trinajstić information content (AvgIpc) is 3.40. The Morgan fingerprint density at radius 1 is 0.507 bits per heavy atom. The van der Waals surface area contributed by atoms with Crippen molar-refractivity contribution in [3.05, 3.63) is 124 Å². The highest BCUT2D eigenvalue weighted by atomic mass is 19.1. The van der Waals surface area contributed by atoms with Gasteiger partial charge in [-0.3, -0.25) is 0 Å². The zero-order chi connectivity index (χ0) is 51.8. The van der Waals surface area contributed by atoms with Gasteiger partial charge in [0.1, 0.15) is 42.1 Å². The summed E-state index contributed by atoms with van der Waals surface area (Å²) in [5, 5.41) is 0. The summed E-state index contributed by atoms with van der Waals surface area (Å²) in [5.74, 6) is -2.30. The highest BCUT2D eigenvalue weighted by Gasteiger charge is 2.41. The first-order valence-corrected chi connectivity index (χ1v) is 26.6. The quantitative estimate of drug-likeness (QED) is 0.0296. The second-order valence-electron chi connectivity index (χ2n) is 18.2. The first-order valence-electron chi connectivity index (χ1n) is 26.6. The lowest BCUT2D eigenvalue weighted by atomic mass is 9.93. The van der Waals surface area contributed by atoms with Crippen molar-refractivity contribution in [2.75, 3.05) is 39.6 Å². The summed E-state index contributed by atoms with van der Waals surface area (Å²) < 4.78 is 98.5. The Hall–Kier alpha value is -6.37. The number of fused-ring (bicyclic) bond motifs is 1. The van der Waals surface area contributed by atoms with E-state index in [1.807, 2.05) is 92.7 Å². The number of carbonyl (C=O) groups excluding carboxylic acids is 1. The highest BCUT2D eigenvalue weighted by molar-refractivity contribution is 5.92. The second-order valence-corrected chi connectivity index (χ2v) is 18.2. The molecule has 0 amide bonds. The third-order valence-corrected chi connectivity index (χ3v) is 12.2. The molecule has 0 aliphatic carbocycles. The van der Waals surface area contributed by atoms with Gasteiger partial charge in [0, 0.05) is 29.7 Å². The Kier molecular flexibility index (Phi) is 23.0. The van der Waals surface area contributed by atoms with Gasteiger partial charge in [-0.05, 0) is 61.8 Å². The van der Waals surface area contributed by atoms with E-state index in [-0.39, 0.29) is 38.6 Å². The summed E-state index contributed by atoms with van der Waals surface area (Å²) in [6.07, 6.45) is 7.21. The third kappa shape index (κ3) is 15.8.